The van der Waals surface area contributed by atoms with Gasteiger partial charge >= 0.3 is 0 Å². The molecule has 2 amide bonds. The smallest absolute Gasteiger partial charge is 0.252 e. The van der Waals surface area contributed by atoms with Gasteiger partial charge in [-0.25, -0.2) is 4.98 Å². The number of nitriles is 1. The molecule has 1 saturated heterocycles. The Morgan fingerprint density at radius 2 is 2.00 bits per heavy atom. The normalized spacial score (nSPS) is 15.9. The van der Waals surface area contributed by atoms with Gasteiger partial charge in [-0.15, -0.1) is 0 Å². The van der Waals surface area contributed by atoms with E-state index >= 15 is 0 Å². The SMILES string of the molecule is CC(C)C[C@H](NC(=O)c1ccnc(N2CCN(C)CC2)c1)C(=O)NCC#N. The van der Waals surface area contributed by atoms with E-state index in [2.05, 4.69) is 32.5 Å². The van der Waals surface area contributed by atoms with Gasteiger partial charge in [0.05, 0.1) is 6.07 Å². The standard InChI is InChI=1S/C19H28N6O2/c1-14(2)12-16(19(27)22-7-5-20)23-18(26)15-4-6-21-17(13-15)25-10-8-24(3)9-11-25/h4,6,13-14,16H,7-12H2,1-3H3,(H,22,27)(H,23,26)/t16-/m0/s1. The number of amides is 2. The predicted octanol–water partition coefficient (Wildman–Crippen LogP) is 0.618. The lowest BCUT2D eigenvalue weighted by atomic mass is 10.0. The number of pyridine rings is 1. The molecule has 0 unspecified atom stereocenters. The van der Waals surface area contributed by atoms with Gasteiger partial charge in [-0.2, -0.15) is 5.26 Å². The molecule has 1 atom stereocenters. The summed E-state index contributed by atoms with van der Waals surface area (Å²) in [6.45, 7) is 7.51. The third kappa shape index (κ3) is 6.22. The minimum Gasteiger partial charge on any atom is -0.354 e. The van der Waals surface area contributed by atoms with Gasteiger partial charge in [0.1, 0.15) is 18.4 Å². The number of aromatic nitrogens is 1. The van der Waals surface area contributed by atoms with Crippen molar-refractivity contribution in [3.63, 3.8) is 0 Å². The van der Waals surface area contributed by atoms with Crippen molar-refractivity contribution in [3.8, 4) is 6.07 Å². The Morgan fingerprint density at radius 1 is 1.30 bits per heavy atom. The molecule has 2 heterocycles. The summed E-state index contributed by atoms with van der Waals surface area (Å²) in [6.07, 6.45) is 2.12. The maximum absolute atomic E-state index is 12.7. The molecule has 0 bridgehead atoms. The molecule has 1 aliphatic heterocycles. The largest absolute Gasteiger partial charge is 0.354 e. The van der Waals surface area contributed by atoms with Gasteiger partial charge in [0.15, 0.2) is 0 Å². The minimum absolute atomic E-state index is 0.0773. The van der Waals surface area contributed by atoms with E-state index in [1.165, 1.54) is 0 Å². The van der Waals surface area contributed by atoms with E-state index in [1.807, 2.05) is 19.9 Å². The molecule has 1 aromatic rings. The molecule has 2 rings (SSSR count). The average molecular weight is 372 g/mol. The van der Waals surface area contributed by atoms with Crippen molar-refractivity contribution in [2.75, 3.05) is 44.7 Å². The molecule has 27 heavy (non-hydrogen) atoms. The second kappa shape index (κ2) is 9.88. The molecule has 1 aromatic heterocycles. The zero-order valence-electron chi connectivity index (χ0n) is 16.2. The Labute approximate surface area is 160 Å². The van der Waals surface area contributed by atoms with Crippen LogP contribution in [-0.4, -0.2) is 67.5 Å². The van der Waals surface area contributed by atoms with Crippen LogP contribution in [0.5, 0.6) is 0 Å². The van der Waals surface area contributed by atoms with E-state index in [-0.39, 0.29) is 24.3 Å². The van der Waals surface area contributed by atoms with E-state index in [1.54, 1.807) is 18.3 Å². The van der Waals surface area contributed by atoms with Crippen LogP contribution >= 0.6 is 0 Å². The van der Waals surface area contributed by atoms with Crippen molar-refractivity contribution < 1.29 is 9.59 Å². The van der Waals surface area contributed by atoms with Crippen LogP contribution in [0.4, 0.5) is 5.82 Å². The Hall–Kier alpha value is -2.66. The number of piperazine rings is 1. The van der Waals surface area contributed by atoms with Crippen LogP contribution in [0.25, 0.3) is 0 Å². The second-order valence-electron chi connectivity index (χ2n) is 7.22. The Balaban J connectivity index is 2.07. The van der Waals surface area contributed by atoms with Crippen molar-refractivity contribution in [3.05, 3.63) is 23.9 Å². The third-order valence-corrected chi connectivity index (χ3v) is 4.51. The first-order valence-corrected chi connectivity index (χ1v) is 9.25. The summed E-state index contributed by atoms with van der Waals surface area (Å²) in [5.74, 6) is 0.337. The fourth-order valence-electron chi connectivity index (χ4n) is 2.96. The maximum atomic E-state index is 12.7. The van der Waals surface area contributed by atoms with Crippen molar-refractivity contribution in [1.82, 2.24) is 20.5 Å². The highest BCUT2D eigenvalue weighted by Crippen LogP contribution is 2.15. The van der Waals surface area contributed by atoms with Crippen LogP contribution in [0.2, 0.25) is 0 Å². The summed E-state index contributed by atoms with van der Waals surface area (Å²) in [6, 6.07) is 4.61. The summed E-state index contributed by atoms with van der Waals surface area (Å²) in [5, 5.41) is 14.0. The van der Waals surface area contributed by atoms with Gasteiger partial charge in [0.25, 0.3) is 5.91 Å². The van der Waals surface area contributed by atoms with E-state index < -0.39 is 6.04 Å². The van der Waals surface area contributed by atoms with Crippen LogP contribution in [0.1, 0.15) is 30.6 Å². The molecule has 0 spiro atoms. The summed E-state index contributed by atoms with van der Waals surface area (Å²) in [5.41, 5.74) is 0.473. The van der Waals surface area contributed by atoms with Gasteiger partial charge in [0.2, 0.25) is 5.91 Å². The fraction of sp³-hybridized carbons (Fsp3) is 0.579. The number of likely N-dealkylation sites (N-methyl/N-ethyl adjacent to an activating group) is 1. The third-order valence-electron chi connectivity index (χ3n) is 4.51. The first-order valence-electron chi connectivity index (χ1n) is 9.25. The molecule has 0 aliphatic carbocycles. The highest BCUT2D eigenvalue weighted by Gasteiger charge is 2.23. The maximum Gasteiger partial charge on any atom is 0.252 e. The van der Waals surface area contributed by atoms with E-state index in [0.29, 0.717) is 12.0 Å². The minimum atomic E-state index is -0.675. The Morgan fingerprint density at radius 3 is 2.63 bits per heavy atom. The van der Waals surface area contributed by atoms with Gasteiger partial charge in [-0.3, -0.25) is 9.59 Å². The van der Waals surface area contributed by atoms with E-state index in [9.17, 15) is 9.59 Å². The number of carbonyl (C=O) groups is 2. The molecule has 8 heteroatoms. The second-order valence-corrected chi connectivity index (χ2v) is 7.22. The first kappa shape index (κ1) is 20.6. The molecule has 1 fully saturated rings. The highest BCUT2D eigenvalue weighted by atomic mass is 16.2. The van der Waals surface area contributed by atoms with Crippen LogP contribution in [0.15, 0.2) is 18.3 Å². The number of carbonyl (C=O) groups excluding carboxylic acids is 2. The highest BCUT2D eigenvalue weighted by molar-refractivity contribution is 5.98. The van der Waals surface area contributed by atoms with Crippen LogP contribution in [-0.2, 0) is 4.79 Å². The molecule has 146 valence electrons. The van der Waals surface area contributed by atoms with E-state index in [0.717, 1.165) is 32.0 Å². The van der Waals surface area contributed by atoms with E-state index in [4.69, 9.17) is 5.26 Å². The lowest BCUT2D eigenvalue weighted by Crippen LogP contribution is -2.47. The number of anilines is 1. The summed E-state index contributed by atoms with van der Waals surface area (Å²) in [4.78, 5) is 33.7. The van der Waals surface area contributed by atoms with Gasteiger partial charge in [-0.05, 0) is 31.5 Å². The van der Waals surface area contributed by atoms with Crippen LogP contribution < -0.4 is 15.5 Å². The summed E-state index contributed by atoms with van der Waals surface area (Å²) >= 11 is 0. The summed E-state index contributed by atoms with van der Waals surface area (Å²) < 4.78 is 0. The van der Waals surface area contributed by atoms with Gasteiger partial charge < -0.3 is 20.4 Å². The van der Waals surface area contributed by atoms with Gasteiger partial charge in [0, 0.05) is 37.9 Å². The molecule has 0 saturated carbocycles. The zero-order chi connectivity index (χ0) is 19.8. The van der Waals surface area contributed by atoms with Gasteiger partial charge in [-0.1, -0.05) is 13.8 Å². The fourth-order valence-corrected chi connectivity index (χ4v) is 2.96. The molecule has 0 radical (unpaired) electrons. The molecule has 0 aromatic carbocycles. The molecular weight excluding hydrogens is 344 g/mol. The molecule has 8 nitrogen and oxygen atoms in total. The number of rotatable bonds is 7. The van der Waals surface area contributed by atoms with Crippen molar-refractivity contribution in [1.29, 1.82) is 5.26 Å². The van der Waals surface area contributed by atoms with Crippen molar-refractivity contribution in [2.45, 2.75) is 26.3 Å². The molecule has 2 N–H and O–H groups in total. The van der Waals surface area contributed by atoms with Crippen molar-refractivity contribution >= 4 is 17.6 Å². The number of nitrogens with zero attached hydrogens (tertiary/aromatic N) is 4. The van der Waals surface area contributed by atoms with Crippen LogP contribution in [0.3, 0.4) is 0 Å². The van der Waals surface area contributed by atoms with Crippen LogP contribution in [0, 0.1) is 17.2 Å². The molecular formula is C19H28N6O2. The molecule has 1 aliphatic rings. The monoisotopic (exact) mass is 372 g/mol. The lowest BCUT2D eigenvalue weighted by Gasteiger charge is -2.33. The topological polar surface area (TPSA) is 101 Å². The average Bonchev–Trinajstić information content (AvgIpc) is 2.65. The zero-order valence-corrected chi connectivity index (χ0v) is 16.2. The van der Waals surface area contributed by atoms with Crippen molar-refractivity contribution in [2.24, 2.45) is 5.92 Å². The number of hydrogen-bond donors (Lipinski definition) is 2. The quantitative estimate of drug-likeness (QED) is 0.681. The predicted molar refractivity (Wildman–Crippen MR) is 103 cm³/mol. The summed E-state index contributed by atoms with van der Waals surface area (Å²) in [7, 11) is 2.08. The Bertz CT molecular complexity index is 692. The number of hydrogen-bond acceptors (Lipinski definition) is 6. The first-order chi connectivity index (χ1) is 12.9. The Kier molecular flexibility index (Phi) is 7.55. The lowest BCUT2D eigenvalue weighted by molar-refractivity contribution is -0.123. The number of nitrogens with one attached hydrogen (secondary N) is 2.